The summed E-state index contributed by atoms with van der Waals surface area (Å²) in [6, 6.07) is 8.43. The monoisotopic (exact) mass is 548 g/mol. The number of rotatable bonds is 10. The van der Waals surface area contributed by atoms with Crippen LogP contribution in [0.3, 0.4) is 0 Å². The highest BCUT2D eigenvalue weighted by atomic mass is 35.5. The second-order valence-corrected chi connectivity index (χ2v) is 7.28. The number of alkyl halides is 6. The summed E-state index contributed by atoms with van der Waals surface area (Å²) in [5.41, 5.74) is 0.958. The van der Waals surface area contributed by atoms with Crippen LogP contribution in [0.2, 0.25) is 10.0 Å². The first-order valence-electron chi connectivity index (χ1n) is 9.26. The van der Waals surface area contributed by atoms with Gasteiger partial charge in [-0.1, -0.05) is 47.5 Å². The number of methoxy groups -OCH3 is 2. The quantitative estimate of drug-likeness (QED) is 0.145. The van der Waals surface area contributed by atoms with E-state index in [-0.39, 0.29) is 17.9 Å². The van der Waals surface area contributed by atoms with Gasteiger partial charge in [0.2, 0.25) is 0 Å². The standard InChI is InChI=1S/C21H16Cl2F6O6/c1-31-10-14(18(30)32-2)13-6-4-3-5-11(13)9-33-12-7-15(22)17(16(23)8-12)34-20(25,26)19(24)35-21(27,28)29/h3-8,10,19H,9H2,1-2H3/b14-10+. The van der Waals surface area contributed by atoms with Gasteiger partial charge in [0.05, 0.1) is 30.5 Å². The van der Waals surface area contributed by atoms with Crippen LogP contribution in [-0.4, -0.2) is 39.0 Å². The lowest BCUT2D eigenvalue weighted by molar-refractivity contribution is -0.411. The van der Waals surface area contributed by atoms with E-state index in [1.165, 1.54) is 20.5 Å². The van der Waals surface area contributed by atoms with E-state index >= 15 is 0 Å². The summed E-state index contributed by atoms with van der Waals surface area (Å²) in [5.74, 6) is -1.76. The van der Waals surface area contributed by atoms with Crippen LogP contribution in [0.5, 0.6) is 11.5 Å². The van der Waals surface area contributed by atoms with Crippen molar-refractivity contribution in [1.29, 1.82) is 0 Å². The second-order valence-electron chi connectivity index (χ2n) is 6.46. The van der Waals surface area contributed by atoms with Crippen molar-refractivity contribution in [2.45, 2.75) is 25.4 Å². The molecule has 192 valence electrons. The molecule has 0 saturated heterocycles. The highest BCUT2D eigenvalue weighted by molar-refractivity contribution is 6.37. The van der Waals surface area contributed by atoms with Crippen LogP contribution < -0.4 is 9.47 Å². The normalized spacial score (nSPS) is 13.3. The predicted octanol–water partition coefficient (Wildman–Crippen LogP) is 6.54. The largest absolute Gasteiger partial charge is 0.525 e. The predicted molar refractivity (Wildman–Crippen MR) is 112 cm³/mol. The van der Waals surface area contributed by atoms with Crippen LogP contribution in [-0.2, 0) is 25.6 Å². The fourth-order valence-corrected chi connectivity index (χ4v) is 3.15. The summed E-state index contributed by atoms with van der Waals surface area (Å²) in [7, 11) is 2.52. The molecule has 0 aliphatic heterocycles. The van der Waals surface area contributed by atoms with Gasteiger partial charge < -0.3 is 18.9 Å². The summed E-state index contributed by atoms with van der Waals surface area (Å²) < 4.78 is 98.7. The van der Waals surface area contributed by atoms with E-state index < -0.39 is 40.6 Å². The van der Waals surface area contributed by atoms with Gasteiger partial charge in [-0.2, -0.15) is 8.78 Å². The van der Waals surface area contributed by atoms with E-state index in [4.69, 9.17) is 37.4 Å². The molecule has 6 nitrogen and oxygen atoms in total. The minimum Gasteiger partial charge on any atom is -0.503 e. The van der Waals surface area contributed by atoms with E-state index in [0.29, 0.717) is 11.1 Å². The van der Waals surface area contributed by atoms with Gasteiger partial charge in [0.1, 0.15) is 17.9 Å². The molecular formula is C21H16Cl2F6O6. The molecular weight excluding hydrogens is 533 g/mol. The molecule has 0 aromatic heterocycles. The Kier molecular flexibility index (Phi) is 9.52. The molecule has 0 amide bonds. The number of hydrogen-bond donors (Lipinski definition) is 0. The van der Waals surface area contributed by atoms with Crippen molar-refractivity contribution in [3.8, 4) is 11.5 Å². The lowest BCUT2D eigenvalue weighted by Gasteiger charge is -2.23. The molecule has 1 atom stereocenters. The summed E-state index contributed by atoms with van der Waals surface area (Å²) >= 11 is 11.7. The van der Waals surface area contributed by atoms with Crippen molar-refractivity contribution >= 4 is 34.7 Å². The SMILES string of the molecule is CO/C=C(/C(=O)OC)c1ccccc1COc1cc(Cl)c(OC(F)(F)C(F)OC(F)(F)F)c(Cl)c1. The number of ether oxygens (including phenoxy) is 5. The first-order chi connectivity index (χ1) is 16.3. The number of halogens is 8. The number of carbonyl (C=O) groups excluding carboxylic acids is 1. The van der Waals surface area contributed by atoms with Crippen molar-refractivity contribution in [1.82, 2.24) is 0 Å². The van der Waals surface area contributed by atoms with Gasteiger partial charge in [-0.15, -0.1) is 13.2 Å². The third kappa shape index (κ3) is 7.84. The lowest BCUT2D eigenvalue weighted by Crippen LogP contribution is -2.41. The number of carbonyl (C=O) groups is 1. The molecule has 2 aromatic carbocycles. The van der Waals surface area contributed by atoms with Gasteiger partial charge in [0.25, 0.3) is 0 Å². The molecule has 14 heteroatoms. The smallest absolute Gasteiger partial charge is 0.503 e. The summed E-state index contributed by atoms with van der Waals surface area (Å²) in [6.45, 7) is -0.177. The van der Waals surface area contributed by atoms with Crippen LogP contribution in [0.4, 0.5) is 26.3 Å². The fourth-order valence-electron chi connectivity index (χ4n) is 2.61. The Bertz CT molecular complexity index is 1050. The topological polar surface area (TPSA) is 63.2 Å². The number of benzene rings is 2. The Balaban J connectivity index is 2.24. The zero-order chi connectivity index (χ0) is 26.4. The maximum atomic E-state index is 13.7. The van der Waals surface area contributed by atoms with Gasteiger partial charge in [-0.3, -0.25) is 0 Å². The Labute approximate surface area is 204 Å². The molecule has 2 rings (SSSR count). The Hall–Kier alpha value is -2.83. The third-order valence-electron chi connectivity index (χ3n) is 4.05. The molecule has 0 spiro atoms. The molecule has 0 fully saturated rings. The average Bonchev–Trinajstić information content (AvgIpc) is 2.77. The molecule has 0 heterocycles. The minimum atomic E-state index is -5.68. The molecule has 0 N–H and O–H groups in total. The van der Waals surface area contributed by atoms with Gasteiger partial charge in [-0.25, -0.2) is 13.9 Å². The zero-order valence-electron chi connectivity index (χ0n) is 17.8. The minimum absolute atomic E-state index is 0.0656. The number of hydrogen-bond acceptors (Lipinski definition) is 6. The molecule has 0 bridgehead atoms. The van der Waals surface area contributed by atoms with Crippen LogP contribution >= 0.6 is 23.2 Å². The Morgan fingerprint density at radius 3 is 2.20 bits per heavy atom. The van der Waals surface area contributed by atoms with E-state index in [9.17, 15) is 31.1 Å². The van der Waals surface area contributed by atoms with Crippen LogP contribution in [0.25, 0.3) is 5.57 Å². The third-order valence-corrected chi connectivity index (χ3v) is 4.62. The van der Waals surface area contributed by atoms with Gasteiger partial charge >= 0.3 is 24.8 Å². The lowest BCUT2D eigenvalue weighted by atomic mass is 10.0. The van der Waals surface area contributed by atoms with Gasteiger partial charge in [0.15, 0.2) is 5.75 Å². The highest BCUT2D eigenvalue weighted by Crippen LogP contribution is 2.41. The van der Waals surface area contributed by atoms with E-state index in [2.05, 4.69) is 9.47 Å². The number of esters is 1. The van der Waals surface area contributed by atoms with Gasteiger partial charge in [-0.05, 0) is 11.1 Å². The summed E-state index contributed by atoms with van der Waals surface area (Å²) in [6.07, 6.45) is -13.8. The maximum absolute atomic E-state index is 13.7. The second kappa shape index (κ2) is 11.7. The average molecular weight is 549 g/mol. The van der Waals surface area contributed by atoms with Crippen LogP contribution in [0.1, 0.15) is 11.1 Å². The van der Waals surface area contributed by atoms with E-state index in [1.807, 2.05) is 0 Å². The summed E-state index contributed by atoms with van der Waals surface area (Å²) in [4.78, 5) is 12.1. The summed E-state index contributed by atoms with van der Waals surface area (Å²) in [5, 5.41) is -1.23. The highest BCUT2D eigenvalue weighted by Gasteiger charge is 2.51. The first-order valence-corrected chi connectivity index (χ1v) is 10.0. The van der Waals surface area contributed by atoms with Crippen LogP contribution in [0, 0.1) is 0 Å². The van der Waals surface area contributed by atoms with E-state index in [1.54, 1.807) is 24.3 Å². The Morgan fingerprint density at radius 2 is 1.66 bits per heavy atom. The molecule has 0 saturated carbocycles. The van der Waals surface area contributed by atoms with Crippen LogP contribution in [0.15, 0.2) is 42.7 Å². The molecule has 0 aliphatic rings. The van der Waals surface area contributed by atoms with Crippen molar-refractivity contribution in [3.05, 3.63) is 63.8 Å². The zero-order valence-corrected chi connectivity index (χ0v) is 19.3. The molecule has 0 aliphatic carbocycles. The van der Waals surface area contributed by atoms with Crippen molar-refractivity contribution in [2.24, 2.45) is 0 Å². The van der Waals surface area contributed by atoms with Gasteiger partial charge in [0, 0.05) is 12.1 Å². The van der Waals surface area contributed by atoms with Crippen molar-refractivity contribution in [3.63, 3.8) is 0 Å². The molecule has 0 radical (unpaired) electrons. The molecule has 2 aromatic rings. The fraction of sp³-hybridized carbons (Fsp3) is 0.286. The maximum Gasteiger partial charge on any atom is 0.525 e. The molecule has 35 heavy (non-hydrogen) atoms. The van der Waals surface area contributed by atoms with Crippen molar-refractivity contribution in [2.75, 3.05) is 14.2 Å². The van der Waals surface area contributed by atoms with Crippen molar-refractivity contribution < 1.29 is 54.8 Å². The molecule has 1 unspecified atom stereocenters. The first kappa shape index (κ1) is 28.4. The Morgan fingerprint density at radius 1 is 1.06 bits per heavy atom. The van der Waals surface area contributed by atoms with E-state index in [0.717, 1.165) is 12.1 Å².